The highest BCUT2D eigenvalue weighted by molar-refractivity contribution is 8.00. The van der Waals surface area contributed by atoms with E-state index in [1.165, 1.54) is 7.11 Å². The number of thioether (sulfide) groups is 1. The Labute approximate surface area is 149 Å². The zero-order valence-electron chi connectivity index (χ0n) is 14.5. The molecule has 2 aromatic rings. The molecule has 0 spiro atoms. The molecule has 2 N–H and O–H groups in total. The van der Waals surface area contributed by atoms with E-state index >= 15 is 0 Å². The molecule has 0 aliphatic carbocycles. The third-order valence-electron chi connectivity index (χ3n) is 3.41. The van der Waals surface area contributed by atoms with Crippen LogP contribution in [0.3, 0.4) is 0 Å². The van der Waals surface area contributed by atoms with Gasteiger partial charge in [-0.3, -0.25) is 14.6 Å². The van der Waals surface area contributed by atoms with Crippen LogP contribution >= 0.6 is 11.8 Å². The summed E-state index contributed by atoms with van der Waals surface area (Å²) in [6.07, 6.45) is 0.557. The molecule has 0 saturated heterocycles. The van der Waals surface area contributed by atoms with Gasteiger partial charge in [0.15, 0.2) is 16.7 Å². The molecule has 0 bridgehead atoms. The molecule has 0 aliphatic rings. The second-order valence-corrected chi connectivity index (χ2v) is 6.31. The first kappa shape index (κ1) is 18.8. The van der Waals surface area contributed by atoms with E-state index in [0.717, 1.165) is 11.8 Å². The van der Waals surface area contributed by atoms with Crippen molar-refractivity contribution in [3.63, 3.8) is 0 Å². The molecule has 1 amide bonds. The van der Waals surface area contributed by atoms with Crippen molar-refractivity contribution >= 4 is 23.4 Å². The molecular weight excluding hydrogens is 344 g/mol. The average molecular weight is 364 g/mol. The maximum absolute atomic E-state index is 12.5. The minimum absolute atomic E-state index is 0.206. The van der Waals surface area contributed by atoms with Crippen molar-refractivity contribution in [1.29, 1.82) is 0 Å². The Balaban J connectivity index is 2.11. The minimum atomic E-state index is -0.430. The summed E-state index contributed by atoms with van der Waals surface area (Å²) >= 11 is 1.16. The summed E-state index contributed by atoms with van der Waals surface area (Å²) in [6.45, 7) is 3.45. The minimum Gasteiger partial charge on any atom is -0.493 e. The number of nitrogens with zero attached hydrogens (tertiary/aromatic N) is 2. The number of hydrogen-bond acceptors (Lipinski definition) is 7. The Morgan fingerprint density at radius 2 is 2.00 bits per heavy atom. The molecule has 0 fully saturated rings. The van der Waals surface area contributed by atoms with E-state index in [0.29, 0.717) is 28.8 Å². The van der Waals surface area contributed by atoms with Crippen molar-refractivity contribution in [2.45, 2.75) is 30.7 Å². The summed E-state index contributed by atoms with van der Waals surface area (Å²) in [7, 11) is 3.07. The fourth-order valence-electron chi connectivity index (χ4n) is 2.03. The van der Waals surface area contributed by atoms with Crippen LogP contribution in [0.4, 0.5) is 5.69 Å². The molecule has 25 heavy (non-hydrogen) atoms. The number of anilines is 1. The second kappa shape index (κ2) is 8.52. The predicted octanol–water partition coefficient (Wildman–Crippen LogP) is 2.00. The molecule has 0 aliphatic heterocycles. The standard InChI is InChI=1S/C16H20N4O4S/c1-5-13(25-16-18-14(21)9(2)19-20-16)15(22)17-10-6-7-11(23-3)12(8-10)24-4/h6-8,13H,5H2,1-4H3,(H,17,22)(H,18,20,21). The monoisotopic (exact) mass is 364 g/mol. The summed E-state index contributed by atoms with van der Waals surface area (Å²) < 4.78 is 10.4. The number of methoxy groups -OCH3 is 2. The Hall–Kier alpha value is -2.55. The van der Waals surface area contributed by atoms with Gasteiger partial charge in [-0.15, -0.1) is 10.2 Å². The van der Waals surface area contributed by atoms with Crippen molar-refractivity contribution < 1.29 is 14.3 Å². The highest BCUT2D eigenvalue weighted by Gasteiger charge is 2.20. The van der Waals surface area contributed by atoms with Crippen LogP contribution in [0.5, 0.6) is 11.5 Å². The lowest BCUT2D eigenvalue weighted by Crippen LogP contribution is -2.25. The quantitative estimate of drug-likeness (QED) is 0.724. The molecule has 9 heteroatoms. The number of ether oxygens (including phenoxy) is 2. The van der Waals surface area contributed by atoms with Crippen LogP contribution in [-0.4, -0.2) is 40.6 Å². The number of hydrogen-bond donors (Lipinski definition) is 2. The number of benzene rings is 1. The summed E-state index contributed by atoms with van der Waals surface area (Å²) in [5, 5.41) is 10.4. The lowest BCUT2D eigenvalue weighted by molar-refractivity contribution is -0.115. The van der Waals surface area contributed by atoms with Crippen molar-refractivity contribution in [2.75, 3.05) is 19.5 Å². The number of nitrogens with one attached hydrogen (secondary N) is 2. The fraction of sp³-hybridized carbons (Fsp3) is 0.375. The highest BCUT2D eigenvalue weighted by Crippen LogP contribution is 2.30. The van der Waals surface area contributed by atoms with Crippen LogP contribution in [0.1, 0.15) is 19.0 Å². The molecule has 0 saturated carbocycles. The lowest BCUT2D eigenvalue weighted by atomic mass is 10.2. The number of carbonyl (C=O) groups is 1. The highest BCUT2D eigenvalue weighted by atomic mass is 32.2. The van der Waals surface area contributed by atoms with Gasteiger partial charge >= 0.3 is 0 Å². The van der Waals surface area contributed by atoms with Crippen LogP contribution in [0.2, 0.25) is 0 Å². The van der Waals surface area contributed by atoms with Crippen LogP contribution < -0.4 is 20.3 Å². The van der Waals surface area contributed by atoms with E-state index in [4.69, 9.17) is 9.47 Å². The molecule has 2 rings (SSSR count). The Bertz CT molecular complexity index is 809. The van der Waals surface area contributed by atoms with Crippen molar-refractivity contribution in [1.82, 2.24) is 15.2 Å². The van der Waals surface area contributed by atoms with Gasteiger partial charge in [0.1, 0.15) is 5.69 Å². The molecule has 1 unspecified atom stereocenters. The van der Waals surface area contributed by atoms with E-state index in [1.54, 1.807) is 32.2 Å². The maximum Gasteiger partial charge on any atom is 0.273 e. The van der Waals surface area contributed by atoms with Gasteiger partial charge < -0.3 is 14.8 Å². The zero-order valence-corrected chi connectivity index (χ0v) is 15.3. The van der Waals surface area contributed by atoms with Gasteiger partial charge in [0.25, 0.3) is 5.56 Å². The van der Waals surface area contributed by atoms with Gasteiger partial charge in [-0.1, -0.05) is 18.7 Å². The van der Waals surface area contributed by atoms with E-state index in [9.17, 15) is 9.59 Å². The summed E-state index contributed by atoms with van der Waals surface area (Å²) in [5.74, 6) is 0.895. The molecule has 1 aromatic carbocycles. The van der Waals surface area contributed by atoms with Gasteiger partial charge in [-0.05, 0) is 25.5 Å². The summed E-state index contributed by atoms with van der Waals surface area (Å²) in [5.41, 5.74) is 0.560. The van der Waals surface area contributed by atoms with E-state index in [-0.39, 0.29) is 17.2 Å². The number of rotatable bonds is 7. The summed E-state index contributed by atoms with van der Waals surface area (Å²) in [6, 6.07) is 5.12. The first-order valence-electron chi connectivity index (χ1n) is 7.61. The molecule has 134 valence electrons. The number of aromatic amines is 1. The number of carbonyl (C=O) groups excluding carboxylic acids is 1. The smallest absolute Gasteiger partial charge is 0.273 e. The molecule has 0 radical (unpaired) electrons. The van der Waals surface area contributed by atoms with E-state index in [2.05, 4.69) is 20.5 Å². The zero-order chi connectivity index (χ0) is 18.4. The normalized spacial score (nSPS) is 11.7. The first-order valence-corrected chi connectivity index (χ1v) is 8.49. The van der Waals surface area contributed by atoms with E-state index < -0.39 is 5.25 Å². The van der Waals surface area contributed by atoms with Crippen LogP contribution in [0.25, 0.3) is 0 Å². The van der Waals surface area contributed by atoms with Crippen LogP contribution in [-0.2, 0) is 4.79 Å². The number of aromatic nitrogens is 3. The topological polar surface area (TPSA) is 106 Å². The van der Waals surface area contributed by atoms with Gasteiger partial charge in [0, 0.05) is 11.8 Å². The van der Waals surface area contributed by atoms with Crippen LogP contribution in [0, 0.1) is 6.92 Å². The van der Waals surface area contributed by atoms with Gasteiger partial charge in [0.05, 0.1) is 19.5 Å². The molecular formula is C16H20N4O4S. The third-order valence-corrected chi connectivity index (χ3v) is 4.65. The first-order chi connectivity index (χ1) is 12.0. The number of aryl methyl sites for hydroxylation is 1. The van der Waals surface area contributed by atoms with Crippen molar-refractivity contribution in [3.05, 3.63) is 34.2 Å². The fourth-order valence-corrected chi connectivity index (χ4v) is 2.87. The Morgan fingerprint density at radius 1 is 1.28 bits per heavy atom. The maximum atomic E-state index is 12.5. The molecule has 8 nitrogen and oxygen atoms in total. The number of H-pyrrole nitrogens is 1. The van der Waals surface area contributed by atoms with Gasteiger partial charge in [0.2, 0.25) is 5.91 Å². The molecule has 1 aromatic heterocycles. The molecule has 1 atom stereocenters. The van der Waals surface area contributed by atoms with E-state index in [1.807, 2.05) is 6.92 Å². The second-order valence-electron chi connectivity index (χ2n) is 5.12. The summed E-state index contributed by atoms with van der Waals surface area (Å²) in [4.78, 5) is 26.7. The largest absolute Gasteiger partial charge is 0.493 e. The van der Waals surface area contributed by atoms with Crippen LogP contribution in [0.15, 0.2) is 28.2 Å². The Morgan fingerprint density at radius 3 is 2.60 bits per heavy atom. The third kappa shape index (κ3) is 4.72. The Kier molecular flexibility index (Phi) is 6.40. The number of amides is 1. The predicted molar refractivity (Wildman–Crippen MR) is 95.5 cm³/mol. The SMILES string of the molecule is CCC(Sc1nnc(C)c(=O)[nH]1)C(=O)Nc1ccc(OC)c(OC)c1. The average Bonchev–Trinajstić information content (AvgIpc) is 2.62. The van der Waals surface area contributed by atoms with Gasteiger partial charge in [-0.2, -0.15) is 0 Å². The van der Waals surface area contributed by atoms with Crippen molar-refractivity contribution in [2.24, 2.45) is 0 Å². The lowest BCUT2D eigenvalue weighted by Gasteiger charge is -2.15. The molecule has 1 heterocycles. The van der Waals surface area contributed by atoms with Gasteiger partial charge in [-0.25, -0.2) is 0 Å². The van der Waals surface area contributed by atoms with Crippen molar-refractivity contribution in [3.8, 4) is 11.5 Å².